The number of hydrogen-bond acceptors (Lipinski definition) is 3. The van der Waals surface area contributed by atoms with Crippen molar-refractivity contribution in [3.63, 3.8) is 0 Å². The zero-order valence-electron chi connectivity index (χ0n) is 9.21. The lowest BCUT2D eigenvalue weighted by atomic mass is 10.4. The Morgan fingerprint density at radius 1 is 1.08 bits per heavy atom. The summed E-state index contributed by atoms with van der Waals surface area (Å²) < 4.78 is 10.3. The average molecular weight is 189 g/mol. The summed E-state index contributed by atoms with van der Waals surface area (Å²) in [4.78, 5) is 2.38. The molecule has 0 unspecified atom stereocenters. The van der Waals surface area contributed by atoms with Crippen LogP contribution in [-0.2, 0) is 9.47 Å². The molecule has 0 saturated heterocycles. The van der Waals surface area contributed by atoms with Gasteiger partial charge in [-0.15, -0.1) is 0 Å². The predicted molar refractivity (Wildman–Crippen MR) is 55.1 cm³/mol. The fraction of sp³-hybridized carbons (Fsp3) is 1.00. The van der Waals surface area contributed by atoms with Crippen molar-refractivity contribution in [3.05, 3.63) is 0 Å². The predicted octanol–water partition coefficient (Wildman–Crippen LogP) is 1.38. The van der Waals surface area contributed by atoms with Crippen LogP contribution in [0.2, 0.25) is 0 Å². The van der Waals surface area contributed by atoms with E-state index in [0.717, 1.165) is 45.9 Å². The smallest absolute Gasteiger partial charge is 0.0589 e. The first kappa shape index (κ1) is 12.9. The van der Waals surface area contributed by atoms with Gasteiger partial charge in [0.05, 0.1) is 6.61 Å². The summed E-state index contributed by atoms with van der Waals surface area (Å²) in [6.07, 6.45) is 1.12. The van der Waals surface area contributed by atoms with Crippen LogP contribution in [0.4, 0.5) is 0 Å². The first-order valence-electron chi connectivity index (χ1n) is 5.14. The highest BCUT2D eigenvalue weighted by molar-refractivity contribution is 4.54. The largest absolute Gasteiger partial charge is 0.383 e. The molecule has 0 aliphatic rings. The first-order chi connectivity index (χ1) is 6.35. The van der Waals surface area contributed by atoms with Crippen molar-refractivity contribution in [1.82, 2.24) is 4.90 Å². The Morgan fingerprint density at radius 2 is 1.85 bits per heavy atom. The van der Waals surface area contributed by atoms with E-state index in [-0.39, 0.29) is 0 Å². The maximum atomic E-state index is 5.27. The van der Waals surface area contributed by atoms with Crippen LogP contribution in [0.3, 0.4) is 0 Å². The molecule has 0 aromatic rings. The van der Waals surface area contributed by atoms with Gasteiger partial charge in [0.15, 0.2) is 0 Å². The molecule has 0 radical (unpaired) electrons. The van der Waals surface area contributed by atoms with E-state index in [0.29, 0.717) is 0 Å². The lowest BCUT2D eigenvalue weighted by Gasteiger charge is -2.19. The van der Waals surface area contributed by atoms with Gasteiger partial charge in [-0.1, -0.05) is 6.92 Å². The minimum atomic E-state index is 0.822. The lowest BCUT2D eigenvalue weighted by Crippen LogP contribution is -2.28. The van der Waals surface area contributed by atoms with E-state index in [1.54, 1.807) is 7.11 Å². The summed E-state index contributed by atoms with van der Waals surface area (Å²) in [5.41, 5.74) is 0. The van der Waals surface area contributed by atoms with Crippen LogP contribution in [0.15, 0.2) is 0 Å². The van der Waals surface area contributed by atoms with Crippen LogP contribution in [0.25, 0.3) is 0 Å². The molecule has 0 aromatic carbocycles. The molecule has 0 bridgehead atoms. The topological polar surface area (TPSA) is 21.7 Å². The lowest BCUT2D eigenvalue weighted by molar-refractivity contribution is 0.118. The number of ether oxygens (including phenoxy) is 2. The van der Waals surface area contributed by atoms with Crippen LogP contribution in [0.1, 0.15) is 20.3 Å². The monoisotopic (exact) mass is 189 g/mol. The second-order valence-corrected chi connectivity index (χ2v) is 2.98. The second kappa shape index (κ2) is 9.96. The van der Waals surface area contributed by atoms with Gasteiger partial charge in [-0.25, -0.2) is 0 Å². The van der Waals surface area contributed by atoms with Crippen molar-refractivity contribution in [2.75, 3.05) is 46.6 Å². The first-order valence-corrected chi connectivity index (χ1v) is 5.14. The molecule has 0 N–H and O–H groups in total. The number of nitrogens with zero attached hydrogens (tertiary/aromatic N) is 1. The van der Waals surface area contributed by atoms with Gasteiger partial charge in [0.25, 0.3) is 0 Å². The molecule has 0 saturated carbocycles. The van der Waals surface area contributed by atoms with Crippen LogP contribution in [0.5, 0.6) is 0 Å². The number of methoxy groups -OCH3 is 1. The highest BCUT2D eigenvalue weighted by Gasteiger charge is 2.00. The molecule has 0 aromatic heterocycles. The van der Waals surface area contributed by atoms with Crippen molar-refractivity contribution in [2.45, 2.75) is 20.3 Å². The molecule has 0 aliphatic carbocycles. The molecule has 0 fully saturated rings. The molecule has 0 rings (SSSR count). The number of rotatable bonds is 9. The third-order valence-electron chi connectivity index (χ3n) is 2.03. The van der Waals surface area contributed by atoms with E-state index < -0.39 is 0 Å². The Hall–Kier alpha value is -0.120. The van der Waals surface area contributed by atoms with Crippen LogP contribution >= 0.6 is 0 Å². The molecule has 80 valence electrons. The normalized spacial score (nSPS) is 11.1. The van der Waals surface area contributed by atoms with Crippen LogP contribution < -0.4 is 0 Å². The van der Waals surface area contributed by atoms with Crippen LogP contribution in [-0.4, -0.2) is 51.5 Å². The van der Waals surface area contributed by atoms with Gasteiger partial charge in [0, 0.05) is 33.4 Å². The Bertz CT molecular complexity index is 98.9. The summed E-state index contributed by atoms with van der Waals surface area (Å²) in [6, 6.07) is 0. The summed E-state index contributed by atoms with van der Waals surface area (Å²) >= 11 is 0. The minimum absolute atomic E-state index is 0.822. The third-order valence-corrected chi connectivity index (χ3v) is 2.03. The molecular formula is C10H23NO2. The fourth-order valence-corrected chi connectivity index (χ4v) is 1.18. The fourth-order valence-electron chi connectivity index (χ4n) is 1.18. The zero-order chi connectivity index (χ0) is 9.94. The minimum Gasteiger partial charge on any atom is -0.383 e. The molecule has 13 heavy (non-hydrogen) atoms. The Labute approximate surface area is 82.0 Å². The molecular weight excluding hydrogens is 166 g/mol. The second-order valence-electron chi connectivity index (χ2n) is 2.98. The molecule has 3 heteroatoms. The Balaban J connectivity index is 3.25. The van der Waals surface area contributed by atoms with Gasteiger partial charge in [-0.3, -0.25) is 0 Å². The van der Waals surface area contributed by atoms with Gasteiger partial charge >= 0.3 is 0 Å². The van der Waals surface area contributed by atoms with Gasteiger partial charge < -0.3 is 14.4 Å². The Morgan fingerprint density at radius 3 is 2.38 bits per heavy atom. The molecule has 0 amide bonds. The number of likely N-dealkylation sites (N-methyl/N-ethyl adjacent to an activating group) is 1. The van der Waals surface area contributed by atoms with Gasteiger partial charge in [0.2, 0.25) is 0 Å². The number of hydrogen-bond donors (Lipinski definition) is 0. The quantitative estimate of drug-likeness (QED) is 0.511. The van der Waals surface area contributed by atoms with Crippen molar-refractivity contribution in [3.8, 4) is 0 Å². The van der Waals surface area contributed by atoms with E-state index in [2.05, 4.69) is 11.8 Å². The molecule has 0 aliphatic heterocycles. The molecule has 0 atom stereocenters. The standard InChI is InChI=1S/C10H23NO2/c1-4-11(8-10-12-3)7-6-9-13-5-2/h4-10H2,1-3H3. The maximum Gasteiger partial charge on any atom is 0.0589 e. The summed E-state index contributed by atoms with van der Waals surface area (Å²) in [7, 11) is 1.74. The van der Waals surface area contributed by atoms with Gasteiger partial charge in [-0.2, -0.15) is 0 Å². The van der Waals surface area contributed by atoms with Crippen molar-refractivity contribution in [1.29, 1.82) is 0 Å². The summed E-state index contributed by atoms with van der Waals surface area (Å²) in [6.45, 7) is 9.96. The zero-order valence-corrected chi connectivity index (χ0v) is 9.21. The van der Waals surface area contributed by atoms with E-state index >= 15 is 0 Å². The highest BCUT2D eigenvalue weighted by Crippen LogP contribution is 1.92. The SMILES string of the molecule is CCOCCCN(CC)CCOC. The molecule has 0 spiro atoms. The molecule has 3 nitrogen and oxygen atoms in total. The van der Waals surface area contributed by atoms with Crippen molar-refractivity contribution in [2.24, 2.45) is 0 Å². The van der Waals surface area contributed by atoms with Crippen LogP contribution in [0, 0.1) is 0 Å². The highest BCUT2D eigenvalue weighted by atomic mass is 16.5. The van der Waals surface area contributed by atoms with Gasteiger partial charge in [-0.05, 0) is 19.9 Å². The summed E-state index contributed by atoms with van der Waals surface area (Å²) in [5.74, 6) is 0. The third kappa shape index (κ3) is 8.22. The van der Waals surface area contributed by atoms with E-state index in [1.165, 1.54) is 0 Å². The van der Waals surface area contributed by atoms with Gasteiger partial charge in [0.1, 0.15) is 0 Å². The van der Waals surface area contributed by atoms with E-state index in [1.807, 2.05) is 6.92 Å². The maximum absolute atomic E-state index is 5.27. The summed E-state index contributed by atoms with van der Waals surface area (Å²) in [5, 5.41) is 0. The Kier molecular flexibility index (Phi) is 9.87. The van der Waals surface area contributed by atoms with E-state index in [9.17, 15) is 0 Å². The van der Waals surface area contributed by atoms with Crippen molar-refractivity contribution >= 4 is 0 Å². The molecule has 0 heterocycles. The average Bonchev–Trinajstić information content (AvgIpc) is 2.17. The van der Waals surface area contributed by atoms with E-state index in [4.69, 9.17) is 9.47 Å². The van der Waals surface area contributed by atoms with Crippen molar-refractivity contribution < 1.29 is 9.47 Å².